The lowest BCUT2D eigenvalue weighted by Crippen LogP contribution is -2.48. The Kier molecular flexibility index (Phi) is 6.08. The molecule has 0 aliphatic carbocycles. The molecule has 1 fully saturated rings. The van der Waals surface area contributed by atoms with Crippen molar-refractivity contribution in [3.8, 4) is 0 Å². The van der Waals surface area contributed by atoms with Crippen molar-refractivity contribution in [2.24, 2.45) is 0 Å². The van der Waals surface area contributed by atoms with Gasteiger partial charge in [0, 0.05) is 11.1 Å². The average molecular weight is 330 g/mol. The molecule has 1 aromatic carbocycles. The van der Waals surface area contributed by atoms with Gasteiger partial charge in [-0.1, -0.05) is 43.1 Å². The van der Waals surface area contributed by atoms with Crippen molar-refractivity contribution < 1.29 is 8.42 Å². The zero-order valence-electron chi connectivity index (χ0n) is 12.5. The summed E-state index contributed by atoms with van der Waals surface area (Å²) >= 11 is 6.24. The molecule has 2 atom stereocenters. The van der Waals surface area contributed by atoms with Crippen LogP contribution in [0, 0.1) is 0 Å². The van der Waals surface area contributed by atoms with E-state index >= 15 is 0 Å². The monoisotopic (exact) mass is 329 g/mol. The molecule has 2 rings (SSSR count). The van der Waals surface area contributed by atoms with Crippen LogP contribution in [0.1, 0.15) is 38.2 Å². The minimum Gasteiger partial charge on any atom is -0.312 e. The van der Waals surface area contributed by atoms with E-state index in [1.807, 2.05) is 24.3 Å². The number of benzene rings is 1. The first kappa shape index (κ1) is 16.8. The van der Waals surface area contributed by atoms with Crippen LogP contribution in [-0.4, -0.2) is 32.0 Å². The highest BCUT2D eigenvalue weighted by atomic mass is 35.5. The Balaban J connectivity index is 2.19. The third kappa shape index (κ3) is 4.44. The molecule has 2 unspecified atom stereocenters. The van der Waals surface area contributed by atoms with Gasteiger partial charge in [-0.15, -0.1) is 0 Å². The fourth-order valence-electron chi connectivity index (χ4n) is 3.00. The van der Waals surface area contributed by atoms with Gasteiger partial charge in [-0.25, -0.2) is 8.42 Å². The molecule has 0 radical (unpaired) electrons. The molecule has 118 valence electrons. The molecule has 5 heteroatoms. The largest absolute Gasteiger partial charge is 0.312 e. The summed E-state index contributed by atoms with van der Waals surface area (Å²) in [7, 11) is -2.99. The van der Waals surface area contributed by atoms with Gasteiger partial charge in [-0.2, -0.15) is 0 Å². The summed E-state index contributed by atoms with van der Waals surface area (Å²) in [5, 5.41) is 3.87. The second-order valence-corrected chi connectivity index (χ2v) is 8.50. The minimum absolute atomic E-state index is 0.0462. The van der Waals surface area contributed by atoms with Gasteiger partial charge in [-0.05, 0) is 43.9 Å². The van der Waals surface area contributed by atoms with Gasteiger partial charge in [-0.3, -0.25) is 0 Å². The van der Waals surface area contributed by atoms with Crippen molar-refractivity contribution in [2.45, 2.75) is 50.3 Å². The zero-order valence-corrected chi connectivity index (χ0v) is 14.1. The van der Waals surface area contributed by atoms with Crippen LogP contribution in [0.4, 0.5) is 0 Å². The Morgan fingerprint density at radius 3 is 2.76 bits per heavy atom. The van der Waals surface area contributed by atoms with E-state index in [1.54, 1.807) is 0 Å². The first-order chi connectivity index (χ1) is 10.0. The number of halogens is 1. The van der Waals surface area contributed by atoms with Crippen LogP contribution in [0.15, 0.2) is 24.3 Å². The minimum atomic E-state index is -2.99. The van der Waals surface area contributed by atoms with Crippen LogP contribution in [0.5, 0.6) is 0 Å². The second-order valence-electron chi connectivity index (χ2n) is 5.76. The maximum Gasteiger partial charge on any atom is 0.154 e. The van der Waals surface area contributed by atoms with Crippen LogP contribution in [-0.2, 0) is 16.3 Å². The van der Waals surface area contributed by atoms with E-state index < -0.39 is 9.84 Å². The molecule has 0 aromatic heterocycles. The molecule has 0 spiro atoms. The molecular formula is C16H24ClNO2S. The molecule has 0 amide bonds. The van der Waals surface area contributed by atoms with Crippen molar-refractivity contribution in [2.75, 3.05) is 12.3 Å². The lowest BCUT2D eigenvalue weighted by molar-refractivity contribution is 0.433. The molecule has 3 nitrogen and oxygen atoms in total. The summed E-state index contributed by atoms with van der Waals surface area (Å²) in [6.45, 7) is 2.93. The first-order valence-electron chi connectivity index (χ1n) is 7.73. The van der Waals surface area contributed by atoms with Crippen molar-refractivity contribution >= 4 is 21.4 Å². The lowest BCUT2D eigenvalue weighted by atomic mass is 9.99. The highest BCUT2D eigenvalue weighted by molar-refractivity contribution is 7.92. The smallest absolute Gasteiger partial charge is 0.154 e. The highest BCUT2D eigenvalue weighted by Crippen LogP contribution is 2.26. The average Bonchev–Trinajstić information content (AvgIpc) is 2.45. The summed E-state index contributed by atoms with van der Waals surface area (Å²) in [6.07, 6.45) is 4.21. The van der Waals surface area contributed by atoms with E-state index in [2.05, 4.69) is 12.2 Å². The van der Waals surface area contributed by atoms with E-state index in [9.17, 15) is 8.42 Å². The molecule has 21 heavy (non-hydrogen) atoms. The van der Waals surface area contributed by atoms with Crippen LogP contribution < -0.4 is 5.32 Å². The molecule has 1 aliphatic rings. The van der Waals surface area contributed by atoms with E-state index in [0.717, 1.165) is 37.8 Å². The molecule has 1 aromatic rings. The molecule has 0 saturated carbocycles. The second kappa shape index (κ2) is 7.61. The van der Waals surface area contributed by atoms with Gasteiger partial charge in [0.05, 0.1) is 11.0 Å². The van der Waals surface area contributed by atoms with E-state index in [1.165, 1.54) is 0 Å². The summed E-state index contributed by atoms with van der Waals surface area (Å²) in [6, 6.07) is 7.65. The number of rotatable bonds is 6. The number of hydrogen-bond acceptors (Lipinski definition) is 3. The predicted molar refractivity (Wildman–Crippen MR) is 88.7 cm³/mol. The van der Waals surface area contributed by atoms with Crippen molar-refractivity contribution in [3.05, 3.63) is 34.9 Å². The molecule has 1 saturated heterocycles. The highest BCUT2D eigenvalue weighted by Gasteiger charge is 2.35. The SMILES string of the molecule is CCCNC(Cc1ccccc1Cl)C1CCCCS1(=O)=O. The summed E-state index contributed by atoms with van der Waals surface area (Å²) < 4.78 is 24.8. The predicted octanol–water partition coefficient (Wildman–Crippen LogP) is 3.22. The molecular weight excluding hydrogens is 306 g/mol. The van der Waals surface area contributed by atoms with E-state index in [-0.39, 0.29) is 11.3 Å². The Morgan fingerprint density at radius 2 is 2.10 bits per heavy atom. The number of hydrogen-bond donors (Lipinski definition) is 1. The third-order valence-corrected chi connectivity index (χ3v) is 6.84. The Bertz CT molecular complexity index is 559. The summed E-state index contributed by atoms with van der Waals surface area (Å²) in [5.41, 5.74) is 1.02. The quantitative estimate of drug-likeness (QED) is 0.871. The lowest BCUT2D eigenvalue weighted by Gasteiger charge is -2.31. The summed E-state index contributed by atoms with van der Waals surface area (Å²) in [5.74, 6) is 0.324. The van der Waals surface area contributed by atoms with Gasteiger partial charge in [0.15, 0.2) is 9.84 Å². The molecule has 1 N–H and O–H groups in total. The van der Waals surface area contributed by atoms with Crippen LogP contribution in [0.25, 0.3) is 0 Å². The number of nitrogens with one attached hydrogen (secondary N) is 1. The van der Waals surface area contributed by atoms with E-state index in [0.29, 0.717) is 17.2 Å². The van der Waals surface area contributed by atoms with Gasteiger partial charge >= 0.3 is 0 Å². The van der Waals surface area contributed by atoms with E-state index in [4.69, 9.17) is 11.6 Å². The Labute approximate surface area is 133 Å². The summed E-state index contributed by atoms with van der Waals surface area (Å²) in [4.78, 5) is 0. The first-order valence-corrected chi connectivity index (χ1v) is 9.82. The van der Waals surface area contributed by atoms with Gasteiger partial charge < -0.3 is 5.32 Å². The van der Waals surface area contributed by atoms with Gasteiger partial charge in [0.1, 0.15) is 0 Å². The van der Waals surface area contributed by atoms with Gasteiger partial charge in [0.25, 0.3) is 0 Å². The normalized spacial score (nSPS) is 22.9. The maximum atomic E-state index is 12.4. The van der Waals surface area contributed by atoms with Gasteiger partial charge in [0.2, 0.25) is 0 Å². The topological polar surface area (TPSA) is 46.2 Å². The van der Waals surface area contributed by atoms with Crippen LogP contribution in [0.3, 0.4) is 0 Å². The maximum absolute atomic E-state index is 12.4. The third-order valence-electron chi connectivity index (χ3n) is 4.13. The van der Waals surface area contributed by atoms with Crippen LogP contribution in [0.2, 0.25) is 5.02 Å². The molecule has 1 heterocycles. The Hall–Kier alpha value is -0.580. The fourth-order valence-corrected chi connectivity index (χ4v) is 5.34. The van der Waals surface area contributed by atoms with Crippen molar-refractivity contribution in [1.29, 1.82) is 0 Å². The fraction of sp³-hybridized carbons (Fsp3) is 0.625. The standard InChI is InChI=1S/C16H24ClNO2S/c1-2-10-18-15(12-13-7-3-4-8-14(13)17)16-9-5-6-11-21(16,19)20/h3-4,7-8,15-16,18H,2,5-6,9-12H2,1H3. The molecule has 0 bridgehead atoms. The molecule has 1 aliphatic heterocycles. The van der Waals surface area contributed by atoms with Crippen molar-refractivity contribution in [3.63, 3.8) is 0 Å². The Morgan fingerprint density at radius 1 is 1.33 bits per heavy atom. The number of sulfone groups is 1. The van der Waals surface area contributed by atoms with Crippen molar-refractivity contribution in [1.82, 2.24) is 5.32 Å². The zero-order chi connectivity index (χ0) is 15.3. The van der Waals surface area contributed by atoms with Crippen LogP contribution >= 0.6 is 11.6 Å².